The first-order chi connectivity index (χ1) is 18.7. The van der Waals surface area contributed by atoms with Gasteiger partial charge in [0.2, 0.25) is 0 Å². The molecular weight excluding hydrogens is 509 g/mol. The Labute approximate surface area is 223 Å². The van der Waals surface area contributed by atoms with Crippen molar-refractivity contribution in [1.82, 2.24) is 29.2 Å². The summed E-state index contributed by atoms with van der Waals surface area (Å²) >= 11 is 0. The minimum atomic E-state index is -4.63. The molecule has 0 fully saturated rings. The summed E-state index contributed by atoms with van der Waals surface area (Å²) in [5.41, 5.74) is 3.08. The van der Waals surface area contributed by atoms with Crippen LogP contribution in [0.4, 0.5) is 13.2 Å². The number of benzene rings is 1. The van der Waals surface area contributed by atoms with Crippen LogP contribution in [0.15, 0.2) is 49.3 Å². The van der Waals surface area contributed by atoms with Crippen molar-refractivity contribution < 1.29 is 22.7 Å². The largest absolute Gasteiger partial charge is 0.495 e. The van der Waals surface area contributed by atoms with Crippen LogP contribution in [-0.4, -0.2) is 48.8 Å². The molecule has 1 aliphatic carbocycles. The number of ether oxygens (including phenoxy) is 1. The van der Waals surface area contributed by atoms with E-state index in [9.17, 15) is 18.0 Å². The van der Waals surface area contributed by atoms with Gasteiger partial charge in [0.25, 0.3) is 5.91 Å². The summed E-state index contributed by atoms with van der Waals surface area (Å²) in [4.78, 5) is 24.6. The number of carbonyl (C=O) groups excluding carboxylic acids is 1. The van der Waals surface area contributed by atoms with Gasteiger partial charge in [-0.3, -0.25) is 14.5 Å². The van der Waals surface area contributed by atoms with E-state index in [2.05, 4.69) is 15.1 Å². The molecule has 39 heavy (non-hydrogen) atoms. The normalized spacial score (nSPS) is 17.2. The molecule has 1 atom stereocenters. The molecular formula is C28H27F3N6O2. The van der Waals surface area contributed by atoms with E-state index in [0.717, 1.165) is 30.5 Å². The number of alkyl halides is 3. The second-order valence-corrected chi connectivity index (χ2v) is 10.0. The molecule has 0 radical (unpaired) electrons. The van der Waals surface area contributed by atoms with Gasteiger partial charge in [-0.2, -0.15) is 18.3 Å². The third-order valence-corrected chi connectivity index (χ3v) is 7.56. The number of rotatable bonds is 5. The average Bonchev–Trinajstić information content (AvgIpc) is 3.58. The fourth-order valence-electron chi connectivity index (χ4n) is 5.84. The van der Waals surface area contributed by atoms with E-state index in [-0.39, 0.29) is 17.5 Å². The lowest BCUT2D eigenvalue weighted by atomic mass is 9.85. The second-order valence-electron chi connectivity index (χ2n) is 10.0. The Hall–Kier alpha value is -4.15. The summed E-state index contributed by atoms with van der Waals surface area (Å²) in [5.74, 6) is 0.440. The van der Waals surface area contributed by atoms with E-state index in [1.807, 2.05) is 21.6 Å². The molecule has 1 aliphatic heterocycles. The highest BCUT2D eigenvalue weighted by molar-refractivity contribution is 5.99. The maximum absolute atomic E-state index is 14.1. The van der Waals surface area contributed by atoms with Crippen LogP contribution in [0.3, 0.4) is 0 Å². The molecule has 6 rings (SSSR count). The Kier molecular flexibility index (Phi) is 6.16. The molecule has 1 unspecified atom stereocenters. The first-order valence-electron chi connectivity index (χ1n) is 12.8. The summed E-state index contributed by atoms with van der Waals surface area (Å²) in [5, 5.41) is 3.72. The molecule has 2 aliphatic rings. The van der Waals surface area contributed by atoms with Crippen LogP contribution in [0.5, 0.6) is 5.75 Å². The molecule has 0 saturated heterocycles. The number of pyridine rings is 1. The molecule has 0 bridgehead atoms. The predicted molar refractivity (Wildman–Crippen MR) is 136 cm³/mol. The lowest BCUT2D eigenvalue weighted by molar-refractivity contribution is -0.140. The van der Waals surface area contributed by atoms with Gasteiger partial charge in [0.15, 0.2) is 5.69 Å². The highest BCUT2D eigenvalue weighted by Crippen LogP contribution is 2.42. The van der Waals surface area contributed by atoms with E-state index in [1.54, 1.807) is 38.1 Å². The number of amides is 1. The van der Waals surface area contributed by atoms with Crippen LogP contribution in [-0.2, 0) is 32.6 Å². The van der Waals surface area contributed by atoms with Crippen molar-refractivity contribution in [2.24, 2.45) is 7.05 Å². The zero-order valence-electron chi connectivity index (χ0n) is 21.6. The highest BCUT2D eigenvalue weighted by Gasteiger charge is 2.40. The molecule has 202 valence electrons. The molecule has 8 nitrogen and oxygen atoms in total. The summed E-state index contributed by atoms with van der Waals surface area (Å²) in [7, 11) is 3.05. The molecule has 0 N–H and O–H groups in total. The van der Waals surface area contributed by atoms with Gasteiger partial charge in [-0.15, -0.1) is 0 Å². The Balaban J connectivity index is 1.47. The van der Waals surface area contributed by atoms with Gasteiger partial charge >= 0.3 is 6.18 Å². The fraction of sp³-hybridized carbons (Fsp3) is 0.357. The third-order valence-electron chi connectivity index (χ3n) is 7.56. The summed E-state index contributed by atoms with van der Waals surface area (Å²) < 4.78 is 50.4. The lowest BCUT2D eigenvalue weighted by Crippen LogP contribution is -2.42. The number of fused-ring (bicyclic) bond motifs is 2. The number of halogens is 3. The first kappa shape index (κ1) is 25.1. The average molecular weight is 537 g/mol. The Bertz CT molecular complexity index is 1540. The number of carbonyl (C=O) groups is 1. The van der Waals surface area contributed by atoms with Gasteiger partial charge in [0.1, 0.15) is 5.75 Å². The molecule has 11 heteroatoms. The minimum absolute atomic E-state index is 0.0214. The smallest absolute Gasteiger partial charge is 0.435 e. The standard InChI is InChI=1S/C28H27F3N6O2/c1-35-15-23(26(34-35)28(29,30)31)20-10-17(14-36-9-7-32-16-36)11-21-19(20)6-8-37(27(21)38)25-5-3-4-24-22(25)12-18(39-2)13-33-24/h7,9-13,15-16,25H,3-6,8,14H2,1-2H3. The van der Waals surface area contributed by atoms with Gasteiger partial charge in [-0.25, -0.2) is 4.98 Å². The van der Waals surface area contributed by atoms with E-state index in [1.165, 1.54) is 17.9 Å². The van der Waals surface area contributed by atoms with Crippen LogP contribution >= 0.6 is 0 Å². The maximum atomic E-state index is 14.1. The van der Waals surface area contributed by atoms with E-state index in [4.69, 9.17) is 4.74 Å². The van der Waals surface area contributed by atoms with Crippen LogP contribution in [0.2, 0.25) is 0 Å². The van der Waals surface area contributed by atoms with E-state index in [0.29, 0.717) is 47.5 Å². The predicted octanol–water partition coefficient (Wildman–Crippen LogP) is 4.83. The molecule has 1 aromatic carbocycles. The van der Waals surface area contributed by atoms with Crippen molar-refractivity contribution >= 4 is 5.91 Å². The minimum Gasteiger partial charge on any atom is -0.495 e. The van der Waals surface area contributed by atoms with Crippen molar-refractivity contribution in [1.29, 1.82) is 0 Å². The molecule has 4 heterocycles. The van der Waals surface area contributed by atoms with Gasteiger partial charge in [0.05, 0.1) is 25.7 Å². The van der Waals surface area contributed by atoms with E-state index >= 15 is 0 Å². The van der Waals surface area contributed by atoms with Crippen LogP contribution < -0.4 is 4.74 Å². The Morgan fingerprint density at radius 1 is 1.13 bits per heavy atom. The zero-order valence-corrected chi connectivity index (χ0v) is 21.6. The zero-order chi connectivity index (χ0) is 27.3. The number of imidazole rings is 1. The molecule has 0 spiro atoms. The van der Waals surface area contributed by atoms with Crippen LogP contribution in [0.1, 0.15) is 57.3 Å². The van der Waals surface area contributed by atoms with Crippen molar-refractivity contribution in [3.05, 3.63) is 83.0 Å². The number of hydrogen-bond acceptors (Lipinski definition) is 5. The second kappa shape index (κ2) is 9.55. The van der Waals surface area contributed by atoms with Crippen molar-refractivity contribution in [2.75, 3.05) is 13.7 Å². The van der Waals surface area contributed by atoms with E-state index < -0.39 is 11.9 Å². The molecule has 4 aromatic rings. The van der Waals surface area contributed by atoms with Gasteiger partial charge < -0.3 is 14.2 Å². The summed E-state index contributed by atoms with van der Waals surface area (Å²) in [6, 6.07) is 5.33. The quantitative estimate of drug-likeness (QED) is 0.365. The molecule has 3 aromatic heterocycles. The van der Waals surface area contributed by atoms with Crippen LogP contribution in [0, 0.1) is 0 Å². The number of hydrogen-bond donors (Lipinski definition) is 0. The summed E-state index contributed by atoms with van der Waals surface area (Å²) in [6.45, 7) is 0.755. The number of aryl methyl sites for hydroxylation is 2. The molecule has 1 amide bonds. The fourth-order valence-corrected chi connectivity index (χ4v) is 5.84. The Morgan fingerprint density at radius 2 is 1.95 bits per heavy atom. The van der Waals surface area contributed by atoms with Gasteiger partial charge in [-0.1, -0.05) is 0 Å². The topological polar surface area (TPSA) is 78.1 Å². The summed E-state index contributed by atoms with van der Waals surface area (Å²) in [6.07, 6.45) is 6.42. The number of methoxy groups -OCH3 is 1. The first-order valence-corrected chi connectivity index (χ1v) is 12.8. The van der Waals surface area contributed by atoms with Gasteiger partial charge in [-0.05, 0) is 66.1 Å². The monoisotopic (exact) mass is 536 g/mol. The number of aromatic nitrogens is 5. The Morgan fingerprint density at radius 3 is 2.69 bits per heavy atom. The third kappa shape index (κ3) is 4.55. The van der Waals surface area contributed by atoms with Crippen LogP contribution in [0.25, 0.3) is 11.1 Å². The highest BCUT2D eigenvalue weighted by atomic mass is 19.4. The van der Waals surface area contributed by atoms with Crippen molar-refractivity contribution in [3.8, 4) is 16.9 Å². The lowest BCUT2D eigenvalue weighted by Gasteiger charge is -2.39. The molecule has 0 saturated carbocycles. The van der Waals surface area contributed by atoms with Gasteiger partial charge in [0, 0.05) is 55.5 Å². The van der Waals surface area contributed by atoms with Crippen molar-refractivity contribution in [2.45, 2.75) is 44.4 Å². The SMILES string of the molecule is COc1cnc2c(c1)C(N1CCc3c(cc(Cn4ccnc4)cc3-c3cn(C)nc3C(F)(F)F)C1=O)CCC2. The van der Waals surface area contributed by atoms with Crippen molar-refractivity contribution in [3.63, 3.8) is 0 Å². The number of nitrogens with zero attached hydrogens (tertiary/aromatic N) is 6. The maximum Gasteiger partial charge on any atom is 0.435 e.